The van der Waals surface area contributed by atoms with Crippen LogP contribution in [0.15, 0.2) is 79.0 Å². The molecule has 0 saturated heterocycles. The number of rotatable bonds is 4. The van der Waals surface area contributed by atoms with Gasteiger partial charge in [0.05, 0.1) is 6.20 Å². The number of amides is 1. The van der Waals surface area contributed by atoms with Crippen LogP contribution in [0.3, 0.4) is 0 Å². The minimum Gasteiger partial charge on any atom is -0.484 e. The van der Waals surface area contributed by atoms with Crippen molar-refractivity contribution in [1.29, 1.82) is 0 Å². The highest BCUT2D eigenvalue weighted by Crippen LogP contribution is 2.29. The minimum absolute atomic E-state index is 0.109. The molecule has 3 N–H and O–H groups in total. The Morgan fingerprint density at radius 2 is 1.76 bits per heavy atom. The molecule has 1 aliphatic rings. The number of nitrogens with one attached hydrogen (secondary N) is 3. The van der Waals surface area contributed by atoms with Crippen LogP contribution in [0.5, 0.6) is 5.75 Å². The normalized spacial score (nSPS) is 12.1. The topological polar surface area (TPSA) is 88.2 Å². The molecular formula is C26H22ClN5O2. The third-order valence-electron chi connectivity index (χ3n) is 5.29. The number of hydrogen-bond acceptors (Lipinski definition) is 6. The maximum atomic E-state index is 12.4. The lowest BCUT2D eigenvalue weighted by Crippen LogP contribution is -2.20. The molecule has 0 saturated carbocycles. The molecule has 34 heavy (non-hydrogen) atoms. The van der Waals surface area contributed by atoms with Gasteiger partial charge in [-0.2, -0.15) is 4.98 Å². The van der Waals surface area contributed by atoms with E-state index in [2.05, 4.69) is 38.1 Å². The molecule has 1 aromatic heterocycles. The molecule has 0 unspecified atom stereocenters. The van der Waals surface area contributed by atoms with Crippen molar-refractivity contribution < 1.29 is 9.53 Å². The summed E-state index contributed by atoms with van der Waals surface area (Å²) in [5.41, 5.74) is 4.63. The molecule has 1 amide bonds. The van der Waals surface area contributed by atoms with Crippen molar-refractivity contribution in [2.24, 2.45) is 0 Å². The number of aromatic nitrogens is 2. The van der Waals surface area contributed by atoms with Gasteiger partial charge in [0.2, 0.25) is 5.95 Å². The Morgan fingerprint density at radius 3 is 2.65 bits per heavy atom. The summed E-state index contributed by atoms with van der Waals surface area (Å²) in [5.74, 6) is 1.26. The first-order chi connectivity index (χ1) is 16.6. The third-order valence-corrected chi connectivity index (χ3v) is 5.56. The maximum absolute atomic E-state index is 12.4. The summed E-state index contributed by atoms with van der Waals surface area (Å²) in [6.07, 6.45) is 3.19. The Bertz CT molecular complexity index is 1330. The molecule has 5 rings (SSSR count). The summed E-state index contributed by atoms with van der Waals surface area (Å²) in [6.45, 7) is -0.109. The predicted octanol–water partition coefficient (Wildman–Crippen LogP) is 5.73. The Labute approximate surface area is 202 Å². The lowest BCUT2D eigenvalue weighted by atomic mass is 10.0. The number of carbonyl (C=O) groups excluding carboxylic acids is 1. The largest absolute Gasteiger partial charge is 0.484 e. The second-order valence-corrected chi connectivity index (χ2v) is 8.32. The summed E-state index contributed by atoms with van der Waals surface area (Å²) in [7, 11) is 0. The third kappa shape index (κ3) is 5.44. The van der Waals surface area contributed by atoms with E-state index in [1.54, 1.807) is 6.20 Å². The van der Waals surface area contributed by atoms with E-state index in [0.717, 1.165) is 35.5 Å². The van der Waals surface area contributed by atoms with Crippen molar-refractivity contribution in [3.05, 3.63) is 95.1 Å². The van der Waals surface area contributed by atoms with Crippen LogP contribution in [0.1, 0.15) is 11.1 Å². The Morgan fingerprint density at radius 1 is 0.941 bits per heavy atom. The highest BCUT2D eigenvalue weighted by molar-refractivity contribution is 6.32. The van der Waals surface area contributed by atoms with Gasteiger partial charge in [0.25, 0.3) is 5.91 Å². The van der Waals surface area contributed by atoms with E-state index in [1.807, 2.05) is 60.7 Å². The van der Waals surface area contributed by atoms with Gasteiger partial charge >= 0.3 is 0 Å². The fourth-order valence-electron chi connectivity index (χ4n) is 3.70. The number of aryl methyl sites for hydroxylation is 2. The van der Waals surface area contributed by atoms with Crippen molar-refractivity contribution in [3.8, 4) is 5.75 Å². The van der Waals surface area contributed by atoms with Crippen molar-refractivity contribution in [2.75, 3.05) is 22.6 Å². The number of halogens is 1. The van der Waals surface area contributed by atoms with Crippen molar-refractivity contribution in [2.45, 2.75) is 12.8 Å². The van der Waals surface area contributed by atoms with E-state index in [4.69, 9.17) is 16.3 Å². The fraction of sp³-hybridized carbons (Fsp3) is 0.115. The number of fused-ring (bicyclic) bond motifs is 6. The van der Waals surface area contributed by atoms with Gasteiger partial charge < -0.3 is 20.7 Å². The SMILES string of the molecule is O=C(COc1cc2cc(c1)Nc1nc(ncc1Cl)Nc1cccc(c1)CC2)Nc1ccccc1. The number of nitrogens with zero attached hydrogens (tertiary/aromatic N) is 2. The van der Waals surface area contributed by atoms with Gasteiger partial charge in [-0.25, -0.2) is 4.98 Å². The molecule has 8 heteroatoms. The number of benzene rings is 3. The van der Waals surface area contributed by atoms with Gasteiger partial charge in [0.15, 0.2) is 12.4 Å². The highest BCUT2D eigenvalue weighted by atomic mass is 35.5. The molecule has 7 nitrogen and oxygen atoms in total. The zero-order valence-corrected chi connectivity index (χ0v) is 19.0. The molecule has 0 fully saturated rings. The minimum atomic E-state index is -0.233. The fourth-order valence-corrected chi connectivity index (χ4v) is 3.84. The van der Waals surface area contributed by atoms with Crippen molar-refractivity contribution >= 4 is 46.3 Å². The summed E-state index contributed by atoms with van der Waals surface area (Å²) in [6, 6.07) is 23.2. The standard InChI is InChI=1S/C26H22ClN5O2/c27-23-15-28-26-31-20-8-4-5-17(11-20)9-10-18-12-21(30-25(23)32-26)14-22(13-18)34-16-24(33)29-19-6-2-1-3-7-19/h1-8,11-15H,9-10,16H2,(H,29,33)(H2,28,30,31,32). The molecule has 2 heterocycles. The van der Waals surface area contributed by atoms with Crippen molar-refractivity contribution in [3.63, 3.8) is 0 Å². The van der Waals surface area contributed by atoms with E-state index in [9.17, 15) is 4.79 Å². The second kappa shape index (κ2) is 9.80. The smallest absolute Gasteiger partial charge is 0.262 e. The average molecular weight is 472 g/mol. The van der Waals surface area contributed by atoms with Crippen LogP contribution in [0.2, 0.25) is 5.02 Å². The van der Waals surface area contributed by atoms with Crippen LogP contribution in [0.25, 0.3) is 0 Å². The van der Waals surface area contributed by atoms with Crippen LogP contribution in [-0.2, 0) is 17.6 Å². The van der Waals surface area contributed by atoms with Gasteiger partial charge in [0.1, 0.15) is 10.8 Å². The Balaban J connectivity index is 1.41. The zero-order valence-electron chi connectivity index (χ0n) is 18.2. The number of hydrogen-bond donors (Lipinski definition) is 3. The van der Waals surface area contributed by atoms with Crippen LogP contribution in [0, 0.1) is 0 Å². The van der Waals surface area contributed by atoms with E-state index in [1.165, 1.54) is 5.56 Å². The first kappa shape index (κ1) is 21.7. The lowest BCUT2D eigenvalue weighted by Gasteiger charge is -2.13. The number of carbonyl (C=O) groups is 1. The van der Waals surface area contributed by atoms with E-state index in [-0.39, 0.29) is 12.5 Å². The monoisotopic (exact) mass is 471 g/mol. The Kier molecular flexibility index (Phi) is 6.27. The van der Waals surface area contributed by atoms with E-state index >= 15 is 0 Å². The van der Waals surface area contributed by atoms with E-state index < -0.39 is 0 Å². The van der Waals surface area contributed by atoms with Gasteiger partial charge in [-0.1, -0.05) is 41.9 Å². The molecular weight excluding hydrogens is 450 g/mol. The quantitative estimate of drug-likeness (QED) is 0.352. The van der Waals surface area contributed by atoms with Crippen LogP contribution < -0.4 is 20.7 Å². The lowest BCUT2D eigenvalue weighted by molar-refractivity contribution is -0.118. The summed E-state index contributed by atoms with van der Waals surface area (Å²) in [5, 5.41) is 9.71. The summed E-state index contributed by atoms with van der Waals surface area (Å²) in [4.78, 5) is 21.2. The zero-order chi connectivity index (χ0) is 23.3. The molecule has 0 radical (unpaired) electrons. The summed E-state index contributed by atoms with van der Waals surface area (Å²) >= 11 is 6.35. The number of ether oxygens (including phenoxy) is 1. The van der Waals surface area contributed by atoms with Crippen LogP contribution >= 0.6 is 11.6 Å². The number of anilines is 5. The molecule has 4 aromatic rings. The first-order valence-electron chi connectivity index (χ1n) is 10.9. The molecule has 0 spiro atoms. The number of para-hydroxylation sites is 1. The first-order valence-corrected chi connectivity index (χ1v) is 11.3. The van der Waals surface area contributed by atoms with Crippen LogP contribution in [0.4, 0.5) is 28.8 Å². The van der Waals surface area contributed by atoms with Gasteiger partial charge in [-0.3, -0.25) is 4.79 Å². The highest BCUT2D eigenvalue weighted by Gasteiger charge is 2.12. The predicted molar refractivity (Wildman–Crippen MR) is 134 cm³/mol. The van der Waals surface area contributed by atoms with E-state index in [0.29, 0.717) is 22.5 Å². The molecule has 170 valence electrons. The van der Waals surface area contributed by atoms with Crippen molar-refractivity contribution in [1.82, 2.24) is 9.97 Å². The van der Waals surface area contributed by atoms with Crippen LogP contribution in [-0.4, -0.2) is 22.5 Å². The molecule has 3 aromatic carbocycles. The van der Waals surface area contributed by atoms with Gasteiger partial charge in [-0.15, -0.1) is 0 Å². The molecule has 0 atom stereocenters. The second-order valence-electron chi connectivity index (χ2n) is 7.91. The average Bonchev–Trinajstić information content (AvgIpc) is 2.84. The van der Waals surface area contributed by atoms with Gasteiger partial charge in [-0.05, 0) is 60.4 Å². The Hall–Kier alpha value is -4.10. The van der Waals surface area contributed by atoms with Gasteiger partial charge in [0, 0.05) is 23.1 Å². The molecule has 1 aliphatic heterocycles. The maximum Gasteiger partial charge on any atom is 0.262 e. The molecule has 6 bridgehead atoms. The molecule has 0 aliphatic carbocycles. The summed E-state index contributed by atoms with van der Waals surface area (Å²) < 4.78 is 5.85.